The first-order valence-electron chi connectivity index (χ1n) is 22.5. The molecule has 62 heavy (non-hydrogen) atoms. The number of hydrogen-bond acceptors (Lipinski definition) is 6. The van der Waals surface area contributed by atoms with Gasteiger partial charge in [0.25, 0.3) is 22.5 Å². The van der Waals surface area contributed by atoms with Crippen molar-refractivity contribution in [1.29, 1.82) is 10.5 Å². The van der Waals surface area contributed by atoms with Gasteiger partial charge in [-0.2, -0.15) is 0 Å². The molecule has 10 heteroatoms. The Labute approximate surface area is 369 Å². The number of allylic oxidation sites excluding steroid dienone is 2. The SMILES string of the molecule is [C-]#[N+]/C(C#N)=c1\s/c(=C\C2=Cc3cc4c(cc3C23CCCCC3)-c2cc3c(cc2C42CCCCC2)C=C(/C=c2\s/c(=C(\C#N)[N+]#[C-])n(CC)c2=O)C32CCCCC2)c(=O)n1CC. The highest BCUT2D eigenvalue weighted by Crippen LogP contribution is 2.62. The van der Waals surface area contributed by atoms with Crippen LogP contribution in [0.5, 0.6) is 0 Å². The predicted molar refractivity (Wildman–Crippen MR) is 248 cm³/mol. The third-order valence-electron chi connectivity index (χ3n) is 15.4. The minimum Gasteiger partial charge on any atom is -0.307 e. The number of nitrogens with zero attached hydrogens (tertiary/aromatic N) is 6. The van der Waals surface area contributed by atoms with Crippen LogP contribution in [0.1, 0.15) is 144 Å². The van der Waals surface area contributed by atoms with Gasteiger partial charge in [0.05, 0.1) is 34.3 Å². The molecule has 0 atom stereocenters. The van der Waals surface area contributed by atoms with Gasteiger partial charge in [-0.3, -0.25) is 9.59 Å². The van der Waals surface area contributed by atoms with Crippen LogP contribution in [0.2, 0.25) is 0 Å². The zero-order chi connectivity index (χ0) is 43.0. The van der Waals surface area contributed by atoms with Gasteiger partial charge < -0.3 is 9.13 Å². The molecular weight excluding hydrogens is 805 g/mol. The topological polar surface area (TPSA) is 100 Å². The van der Waals surface area contributed by atoms with Crippen LogP contribution in [0.3, 0.4) is 0 Å². The molecule has 0 unspecified atom stereocenters. The van der Waals surface area contributed by atoms with Crippen LogP contribution >= 0.6 is 22.7 Å². The first kappa shape index (κ1) is 40.3. The second-order valence-corrected chi connectivity index (χ2v) is 20.2. The Hall–Kier alpha value is -5.78. The summed E-state index contributed by atoms with van der Waals surface area (Å²) in [7, 11) is 0. The highest BCUT2D eigenvalue weighted by Gasteiger charge is 2.50. The smallest absolute Gasteiger partial charge is 0.294 e. The first-order valence-corrected chi connectivity index (χ1v) is 24.1. The Morgan fingerprint density at radius 3 is 1.32 bits per heavy atom. The molecule has 6 aliphatic rings. The maximum Gasteiger partial charge on any atom is 0.294 e. The Bertz CT molecular complexity index is 3000. The molecule has 2 aromatic heterocycles. The summed E-state index contributed by atoms with van der Waals surface area (Å²) in [6.07, 6.45) is 25.6. The van der Waals surface area contributed by atoms with Gasteiger partial charge in [-0.25, -0.2) is 20.2 Å². The molecule has 10 rings (SSSR count). The summed E-state index contributed by atoms with van der Waals surface area (Å²) in [6.45, 7) is 19.8. The summed E-state index contributed by atoms with van der Waals surface area (Å²) in [5, 5.41) is 19.5. The Kier molecular flexibility index (Phi) is 9.90. The molecule has 3 fully saturated rings. The molecule has 0 amide bonds. The van der Waals surface area contributed by atoms with Crippen molar-refractivity contribution in [3.8, 4) is 23.3 Å². The molecular formula is C52H48N6O2S2. The van der Waals surface area contributed by atoms with Gasteiger partial charge in [-0.15, -0.1) is 22.7 Å². The van der Waals surface area contributed by atoms with Gasteiger partial charge in [-0.05, 0) is 144 Å². The van der Waals surface area contributed by atoms with E-state index in [4.69, 9.17) is 13.1 Å². The molecule has 0 radical (unpaired) electrons. The van der Waals surface area contributed by atoms with E-state index in [1.165, 1.54) is 110 Å². The maximum absolute atomic E-state index is 13.9. The van der Waals surface area contributed by atoms with Crippen molar-refractivity contribution in [1.82, 2.24) is 9.13 Å². The molecule has 0 aliphatic heterocycles. The van der Waals surface area contributed by atoms with Crippen molar-refractivity contribution in [3.05, 3.63) is 131 Å². The number of rotatable bonds is 4. The number of nitriles is 2. The molecule has 3 spiro atoms. The maximum atomic E-state index is 13.9. The minimum absolute atomic E-state index is 0.0378. The van der Waals surface area contributed by atoms with Crippen molar-refractivity contribution in [3.63, 3.8) is 0 Å². The van der Waals surface area contributed by atoms with Gasteiger partial charge in [-0.1, -0.05) is 69.9 Å². The highest BCUT2D eigenvalue weighted by molar-refractivity contribution is 7.07. The van der Waals surface area contributed by atoms with Crippen molar-refractivity contribution < 1.29 is 0 Å². The van der Waals surface area contributed by atoms with E-state index in [0.717, 1.165) is 64.2 Å². The zero-order valence-corrected chi connectivity index (χ0v) is 37.1. The van der Waals surface area contributed by atoms with E-state index in [2.05, 4.69) is 58.3 Å². The lowest BCUT2D eigenvalue weighted by Crippen LogP contribution is -2.33. The molecule has 0 bridgehead atoms. The number of fused-ring (bicyclic) bond motifs is 9. The lowest BCUT2D eigenvalue weighted by molar-refractivity contribution is 0.348. The van der Waals surface area contributed by atoms with Gasteiger partial charge in [0.15, 0.2) is 0 Å². The molecule has 310 valence electrons. The van der Waals surface area contributed by atoms with Gasteiger partial charge >= 0.3 is 0 Å². The van der Waals surface area contributed by atoms with Crippen LogP contribution in [0.25, 0.3) is 56.5 Å². The number of aromatic nitrogens is 2. The third kappa shape index (κ3) is 5.69. The monoisotopic (exact) mass is 852 g/mol. The van der Waals surface area contributed by atoms with Crippen LogP contribution in [-0.4, -0.2) is 9.13 Å². The van der Waals surface area contributed by atoms with E-state index < -0.39 is 0 Å². The highest BCUT2D eigenvalue weighted by atomic mass is 32.1. The van der Waals surface area contributed by atoms with Crippen LogP contribution in [-0.2, 0) is 29.3 Å². The number of thiazole rings is 2. The van der Waals surface area contributed by atoms with Gasteiger partial charge in [0.1, 0.15) is 9.33 Å². The van der Waals surface area contributed by atoms with Crippen molar-refractivity contribution >= 4 is 58.4 Å². The summed E-state index contributed by atoms with van der Waals surface area (Å²) in [4.78, 5) is 34.7. The summed E-state index contributed by atoms with van der Waals surface area (Å²) in [5.41, 5.74) is 12.4. The molecule has 0 N–H and O–H groups in total. The normalized spacial score (nSPS) is 21.3. The van der Waals surface area contributed by atoms with Gasteiger partial charge in [0, 0.05) is 29.3 Å². The Balaban J connectivity index is 1.16. The third-order valence-corrected chi connectivity index (χ3v) is 17.7. The molecule has 8 nitrogen and oxygen atoms in total. The van der Waals surface area contributed by atoms with Crippen LogP contribution in [0.15, 0.2) is 45.0 Å². The molecule has 0 saturated heterocycles. The first-order chi connectivity index (χ1) is 30.2. The van der Waals surface area contributed by atoms with E-state index in [1.54, 1.807) is 9.13 Å². The largest absolute Gasteiger partial charge is 0.307 e. The summed E-state index contributed by atoms with van der Waals surface area (Å²) < 4.78 is 5.20. The second-order valence-electron chi connectivity index (χ2n) is 18.2. The summed E-state index contributed by atoms with van der Waals surface area (Å²) in [6, 6.07) is 14.2. The van der Waals surface area contributed by atoms with E-state index >= 15 is 0 Å². The quantitative estimate of drug-likeness (QED) is 0.192. The van der Waals surface area contributed by atoms with Crippen LogP contribution in [0.4, 0.5) is 0 Å². The fourth-order valence-electron chi connectivity index (χ4n) is 12.6. The van der Waals surface area contributed by atoms with E-state index in [1.807, 2.05) is 26.0 Å². The van der Waals surface area contributed by atoms with Crippen molar-refractivity contribution in [2.24, 2.45) is 0 Å². The molecule has 6 aliphatic carbocycles. The van der Waals surface area contributed by atoms with Gasteiger partial charge in [0.2, 0.25) is 0 Å². The summed E-state index contributed by atoms with van der Waals surface area (Å²) >= 11 is 2.54. The van der Waals surface area contributed by atoms with Crippen LogP contribution in [0, 0.1) is 35.8 Å². The van der Waals surface area contributed by atoms with E-state index in [-0.39, 0.29) is 38.8 Å². The van der Waals surface area contributed by atoms with Crippen LogP contribution < -0.4 is 29.5 Å². The molecule has 2 aromatic carbocycles. The van der Waals surface area contributed by atoms with E-state index in [9.17, 15) is 20.1 Å². The Morgan fingerprint density at radius 1 is 0.613 bits per heavy atom. The fourth-order valence-corrected chi connectivity index (χ4v) is 14.8. The predicted octanol–water partition coefficient (Wildman–Crippen LogP) is 8.66. The van der Waals surface area contributed by atoms with Crippen molar-refractivity contribution in [2.75, 3.05) is 0 Å². The number of hydrogen-bond donors (Lipinski definition) is 0. The lowest BCUT2D eigenvalue weighted by Gasteiger charge is -2.38. The minimum atomic E-state index is -0.216. The standard InChI is InChI=1S/C52H48N6O2S2/c1-5-57-46(59)44(61-48(57)42(30-53)55-3)26-34-22-32-24-40-36(28-38(32)50(34)16-10-7-11-17-50)37-29-39-33(25-41(37)52(40)20-14-9-15-21-52)23-35(51(39)18-12-8-13-19-51)27-45-47(60)58(6-2)49(62-45)43(31-54)56-4/h22-29H,5-21H2,1-2H3/b44-26-,45-27-,48-42-,49-43+. The average Bonchev–Trinajstić information content (AvgIpc) is 4.03. The zero-order valence-electron chi connectivity index (χ0n) is 35.5. The molecule has 4 aromatic rings. The summed E-state index contributed by atoms with van der Waals surface area (Å²) in [5.74, 6) is 0. The Morgan fingerprint density at radius 2 is 0.984 bits per heavy atom. The van der Waals surface area contributed by atoms with Crippen molar-refractivity contribution in [2.45, 2.75) is 139 Å². The van der Waals surface area contributed by atoms with E-state index in [0.29, 0.717) is 31.5 Å². The molecule has 3 saturated carbocycles. The fraction of sp³-hybridized carbons (Fsp3) is 0.423. The average molecular weight is 853 g/mol. The second kappa shape index (κ2) is 15.2. The number of benzene rings is 2. The lowest BCUT2D eigenvalue weighted by atomic mass is 9.65. The molecule has 2 heterocycles.